The van der Waals surface area contributed by atoms with Crippen LogP contribution in [-0.4, -0.2) is 36.0 Å². The standard InChI is InChI=1S/C25H24N2O3S/c28-24(26-21-13-7-8-14-23(21)31-20-11-5-2-6-12-20)17-22-25(29)27(15-16-30-22)18-19-9-3-1-4-10-19/h1-14,22H,15-18H2,(H,26,28)/t22-/m1/s1. The van der Waals surface area contributed by atoms with Crippen LogP contribution >= 0.6 is 11.8 Å². The van der Waals surface area contributed by atoms with Crippen LogP contribution in [0.1, 0.15) is 12.0 Å². The van der Waals surface area contributed by atoms with Crippen LogP contribution in [0, 0.1) is 0 Å². The van der Waals surface area contributed by atoms with Gasteiger partial charge in [-0.25, -0.2) is 0 Å². The van der Waals surface area contributed by atoms with Crippen LogP contribution < -0.4 is 5.32 Å². The first-order valence-corrected chi connectivity index (χ1v) is 11.1. The minimum absolute atomic E-state index is 0.00550. The van der Waals surface area contributed by atoms with Gasteiger partial charge in [0.1, 0.15) is 6.10 Å². The van der Waals surface area contributed by atoms with Crippen LogP contribution in [0.5, 0.6) is 0 Å². The lowest BCUT2D eigenvalue weighted by atomic mass is 10.1. The molecule has 0 saturated carbocycles. The molecule has 0 radical (unpaired) electrons. The lowest BCUT2D eigenvalue weighted by Crippen LogP contribution is -2.48. The second kappa shape index (κ2) is 10.3. The van der Waals surface area contributed by atoms with Crippen molar-refractivity contribution < 1.29 is 14.3 Å². The first-order valence-electron chi connectivity index (χ1n) is 10.2. The van der Waals surface area contributed by atoms with Gasteiger partial charge in [0.15, 0.2) is 0 Å². The number of amides is 2. The molecule has 158 valence electrons. The van der Waals surface area contributed by atoms with Crippen molar-refractivity contribution in [2.45, 2.75) is 28.9 Å². The molecule has 1 aliphatic rings. The van der Waals surface area contributed by atoms with E-state index in [4.69, 9.17) is 4.74 Å². The zero-order chi connectivity index (χ0) is 21.5. The van der Waals surface area contributed by atoms with Crippen molar-refractivity contribution in [2.75, 3.05) is 18.5 Å². The summed E-state index contributed by atoms with van der Waals surface area (Å²) < 4.78 is 5.64. The number of nitrogens with one attached hydrogen (secondary N) is 1. The Kier molecular flexibility index (Phi) is 7.02. The normalized spacial score (nSPS) is 16.2. The number of ether oxygens (including phenoxy) is 1. The van der Waals surface area contributed by atoms with E-state index in [0.29, 0.717) is 19.7 Å². The van der Waals surface area contributed by atoms with Gasteiger partial charge in [-0.05, 0) is 29.8 Å². The summed E-state index contributed by atoms with van der Waals surface area (Å²) in [7, 11) is 0. The number of anilines is 1. The molecule has 1 heterocycles. The van der Waals surface area contributed by atoms with E-state index in [1.165, 1.54) is 0 Å². The minimum atomic E-state index is -0.758. The van der Waals surface area contributed by atoms with E-state index >= 15 is 0 Å². The SMILES string of the molecule is O=C(C[C@H]1OCCN(Cc2ccccc2)C1=O)Nc1ccccc1Sc1ccccc1. The Morgan fingerprint density at radius 3 is 2.42 bits per heavy atom. The molecular weight excluding hydrogens is 408 g/mol. The van der Waals surface area contributed by atoms with Crippen molar-refractivity contribution in [3.63, 3.8) is 0 Å². The van der Waals surface area contributed by atoms with Crippen LogP contribution in [0.15, 0.2) is 94.7 Å². The van der Waals surface area contributed by atoms with Gasteiger partial charge in [-0.15, -0.1) is 0 Å². The number of nitrogens with zero attached hydrogens (tertiary/aromatic N) is 1. The van der Waals surface area contributed by atoms with E-state index in [1.54, 1.807) is 16.7 Å². The Hall–Kier alpha value is -3.09. The predicted molar refractivity (Wildman–Crippen MR) is 122 cm³/mol. The molecule has 0 aliphatic carbocycles. The van der Waals surface area contributed by atoms with Crippen LogP contribution in [0.2, 0.25) is 0 Å². The molecule has 0 bridgehead atoms. The van der Waals surface area contributed by atoms with E-state index in [9.17, 15) is 9.59 Å². The number of hydrogen-bond acceptors (Lipinski definition) is 4. The first kappa shape index (κ1) is 21.2. The highest BCUT2D eigenvalue weighted by Crippen LogP contribution is 2.33. The van der Waals surface area contributed by atoms with Gasteiger partial charge in [0.2, 0.25) is 5.91 Å². The van der Waals surface area contributed by atoms with Gasteiger partial charge in [-0.1, -0.05) is 72.4 Å². The van der Waals surface area contributed by atoms with E-state index < -0.39 is 6.10 Å². The molecule has 6 heteroatoms. The van der Waals surface area contributed by atoms with Crippen LogP contribution in [0.3, 0.4) is 0 Å². The summed E-state index contributed by atoms with van der Waals surface area (Å²) in [6.07, 6.45) is -0.763. The monoisotopic (exact) mass is 432 g/mol. The lowest BCUT2D eigenvalue weighted by molar-refractivity contribution is -0.155. The second-order valence-electron chi connectivity index (χ2n) is 7.27. The fourth-order valence-electron chi connectivity index (χ4n) is 3.44. The van der Waals surface area contributed by atoms with Gasteiger partial charge >= 0.3 is 0 Å². The van der Waals surface area contributed by atoms with Crippen LogP contribution in [0.4, 0.5) is 5.69 Å². The molecule has 0 aromatic heterocycles. The number of carbonyl (C=O) groups is 2. The highest BCUT2D eigenvalue weighted by molar-refractivity contribution is 7.99. The largest absolute Gasteiger partial charge is 0.366 e. The summed E-state index contributed by atoms with van der Waals surface area (Å²) in [4.78, 5) is 29.4. The van der Waals surface area contributed by atoms with Gasteiger partial charge in [0, 0.05) is 22.9 Å². The predicted octanol–water partition coefficient (Wildman–Crippen LogP) is 4.59. The molecule has 1 fully saturated rings. The third-order valence-corrected chi connectivity index (χ3v) is 6.07. The molecule has 3 aromatic rings. The fraction of sp³-hybridized carbons (Fsp3) is 0.200. The van der Waals surface area contributed by atoms with Gasteiger partial charge in [0.05, 0.1) is 18.7 Å². The Morgan fingerprint density at radius 2 is 1.65 bits per heavy atom. The zero-order valence-corrected chi connectivity index (χ0v) is 17.9. The smallest absolute Gasteiger partial charge is 0.252 e. The Labute approximate surface area is 186 Å². The maximum Gasteiger partial charge on any atom is 0.252 e. The molecule has 3 aromatic carbocycles. The Morgan fingerprint density at radius 1 is 0.968 bits per heavy atom. The van der Waals surface area contributed by atoms with Gasteiger partial charge < -0.3 is 15.0 Å². The molecule has 31 heavy (non-hydrogen) atoms. The van der Waals surface area contributed by atoms with Crippen molar-refractivity contribution in [3.05, 3.63) is 90.5 Å². The number of carbonyl (C=O) groups excluding carboxylic acids is 2. The quantitative estimate of drug-likeness (QED) is 0.593. The third-order valence-electron chi connectivity index (χ3n) is 4.99. The van der Waals surface area contributed by atoms with E-state index in [-0.39, 0.29) is 18.2 Å². The van der Waals surface area contributed by atoms with Crippen LogP contribution in [0.25, 0.3) is 0 Å². The van der Waals surface area contributed by atoms with Gasteiger partial charge in [-0.3, -0.25) is 9.59 Å². The fourth-order valence-corrected chi connectivity index (χ4v) is 4.36. The van der Waals surface area contributed by atoms with E-state index in [2.05, 4.69) is 5.32 Å². The first-order chi connectivity index (χ1) is 15.2. The molecule has 0 unspecified atom stereocenters. The summed E-state index contributed by atoms with van der Waals surface area (Å²) in [6, 6.07) is 27.5. The number of benzene rings is 3. The number of rotatable bonds is 7. The van der Waals surface area contributed by atoms with Gasteiger partial charge in [-0.2, -0.15) is 0 Å². The van der Waals surface area contributed by atoms with Crippen molar-refractivity contribution >= 4 is 29.3 Å². The molecule has 5 nitrogen and oxygen atoms in total. The number of hydrogen-bond donors (Lipinski definition) is 1. The lowest BCUT2D eigenvalue weighted by Gasteiger charge is -2.32. The van der Waals surface area contributed by atoms with E-state index in [0.717, 1.165) is 21.0 Å². The number of para-hydroxylation sites is 1. The highest BCUT2D eigenvalue weighted by Gasteiger charge is 2.31. The Bertz CT molecular complexity index is 1030. The van der Waals surface area contributed by atoms with E-state index in [1.807, 2.05) is 84.9 Å². The van der Waals surface area contributed by atoms with Crippen molar-refractivity contribution in [1.29, 1.82) is 0 Å². The second-order valence-corrected chi connectivity index (χ2v) is 8.38. The topological polar surface area (TPSA) is 58.6 Å². The summed E-state index contributed by atoms with van der Waals surface area (Å²) in [5.74, 6) is -0.377. The molecule has 1 saturated heterocycles. The maximum absolute atomic E-state index is 12.8. The minimum Gasteiger partial charge on any atom is -0.366 e. The van der Waals surface area contributed by atoms with Crippen LogP contribution in [-0.2, 0) is 20.9 Å². The zero-order valence-electron chi connectivity index (χ0n) is 17.1. The summed E-state index contributed by atoms with van der Waals surface area (Å²) in [6.45, 7) is 1.48. The van der Waals surface area contributed by atoms with Crippen molar-refractivity contribution in [2.24, 2.45) is 0 Å². The maximum atomic E-state index is 12.8. The molecular formula is C25H24N2O3S. The average Bonchev–Trinajstić information content (AvgIpc) is 2.79. The third kappa shape index (κ3) is 5.75. The Balaban J connectivity index is 1.38. The molecule has 1 atom stereocenters. The number of morpholine rings is 1. The molecule has 2 amide bonds. The molecule has 0 spiro atoms. The highest BCUT2D eigenvalue weighted by atomic mass is 32.2. The molecule has 4 rings (SSSR count). The summed E-state index contributed by atoms with van der Waals surface area (Å²) in [5.41, 5.74) is 1.79. The summed E-state index contributed by atoms with van der Waals surface area (Å²) >= 11 is 1.58. The molecule has 1 aliphatic heterocycles. The van der Waals surface area contributed by atoms with Gasteiger partial charge in [0.25, 0.3) is 5.91 Å². The van der Waals surface area contributed by atoms with Crippen molar-refractivity contribution in [3.8, 4) is 0 Å². The average molecular weight is 433 g/mol. The summed E-state index contributed by atoms with van der Waals surface area (Å²) in [5, 5.41) is 2.95. The van der Waals surface area contributed by atoms with Crippen molar-refractivity contribution in [1.82, 2.24) is 4.90 Å². The molecule has 1 N–H and O–H groups in total.